The number of methoxy groups -OCH3 is 1. The van der Waals surface area contributed by atoms with Gasteiger partial charge in [0.25, 0.3) is 0 Å². The first-order valence-electron chi connectivity index (χ1n) is 3.71. The smallest absolute Gasteiger partial charge is 0.139 e. The fraction of sp³-hybridized carbons (Fsp3) is 0.333. The fourth-order valence-corrected chi connectivity index (χ4v) is 1.95. The Labute approximate surface area is 103 Å². The summed E-state index contributed by atoms with van der Waals surface area (Å²) in [7, 11) is 1.67. The van der Waals surface area contributed by atoms with Gasteiger partial charge >= 0.3 is 0 Å². The van der Waals surface area contributed by atoms with Crippen molar-refractivity contribution >= 4 is 47.8 Å². The first-order chi connectivity index (χ1) is 6.01. The number of alkyl halides is 3. The van der Waals surface area contributed by atoms with Crippen molar-refractivity contribution in [3.63, 3.8) is 0 Å². The third kappa shape index (κ3) is 4.47. The molecular formula is C9H9Br3O. The van der Waals surface area contributed by atoms with Gasteiger partial charge in [0.2, 0.25) is 0 Å². The SMILES string of the molecule is COc1ccc(CC(Br)(Br)Br)cc1. The minimum absolute atomic E-state index is 0.207. The Balaban J connectivity index is 2.70. The number of halogens is 3. The second-order valence-corrected chi connectivity index (χ2v) is 9.89. The van der Waals surface area contributed by atoms with E-state index in [9.17, 15) is 0 Å². The molecule has 0 fully saturated rings. The molecule has 0 aliphatic rings. The Bertz CT molecular complexity index is 263. The standard InChI is InChI=1S/C9H9Br3O/c1-13-8-4-2-7(3-5-8)6-9(10,11)12/h2-5H,6H2,1H3. The van der Waals surface area contributed by atoms with Crippen LogP contribution in [0.4, 0.5) is 0 Å². The highest BCUT2D eigenvalue weighted by Crippen LogP contribution is 2.37. The Morgan fingerprint density at radius 3 is 2.08 bits per heavy atom. The summed E-state index contributed by atoms with van der Waals surface area (Å²) in [6.07, 6.45) is 0.858. The third-order valence-electron chi connectivity index (χ3n) is 1.56. The lowest BCUT2D eigenvalue weighted by Gasteiger charge is -2.11. The van der Waals surface area contributed by atoms with Crippen molar-refractivity contribution in [1.82, 2.24) is 0 Å². The van der Waals surface area contributed by atoms with Crippen LogP contribution < -0.4 is 4.74 Å². The normalized spacial score (nSPS) is 11.4. The van der Waals surface area contributed by atoms with Crippen LogP contribution in [0.1, 0.15) is 5.56 Å². The quantitative estimate of drug-likeness (QED) is 0.711. The molecular weight excluding hydrogens is 364 g/mol. The molecule has 0 unspecified atom stereocenters. The van der Waals surface area contributed by atoms with Crippen LogP contribution in [0, 0.1) is 0 Å². The molecule has 72 valence electrons. The van der Waals surface area contributed by atoms with Gasteiger partial charge in [0.1, 0.15) is 7.89 Å². The second-order valence-electron chi connectivity index (χ2n) is 2.64. The summed E-state index contributed by atoms with van der Waals surface area (Å²) in [6, 6.07) is 7.98. The van der Waals surface area contributed by atoms with Crippen LogP contribution in [-0.2, 0) is 6.42 Å². The zero-order chi connectivity index (χ0) is 9.90. The molecule has 13 heavy (non-hydrogen) atoms. The van der Waals surface area contributed by atoms with Gasteiger partial charge in [-0.3, -0.25) is 0 Å². The molecule has 1 aromatic rings. The number of hydrogen-bond acceptors (Lipinski definition) is 1. The molecule has 0 spiro atoms. The van der Waals surface area contributed by atoms with Crippen molar-refractivity contribution in [2.75, 3.05) is 7.11 Å². The van der Waals surface area contributed by atoms with E-state index in [-0.39, 0.29) is 2.14 Å². The topological polar surface area (TPSA) is 9.23 Å². The number of benzene rings is 1. The van der Waals surface area contributed by atoms with E-state index < -0.39 is 0 Å². The van der Waals surface area contributed by atoms with Gasteiger partial charge in [-0.2, -0.15) is 0 Å². The lowest BCUT2D eigenvalue weighted by Crippen LogP contribution is -2.03. The first kappa shape index (κ1) is 11.5. The van der Waals surface area contributed by atoms with Crippen LogP contribution in [0.25, 0.3) is 0 Å². The maximum absolute atomic E-state index is 5.06. The maximum atomic E-state index is 5.06. The molecule has 0 N–H and O–H groups in total. The lowest BCUT2D eigenvalue weighted by atomic mass is 10.2. The monoisotopic (exact) mass is 370 g/mol. The Morgan fingerprint density at radius 1 is 1.15 bits per heavy atom. The molecule has 0 saturated carbocycles. The van der Waals surface area contributed by atoms with Crippen molar-refractivity contribution in [3.05, 3.63) is 29.8 Å². The summed E-state index contributed by atoms with van der Waals surface area (Å²) in [5.74, 6) is 0.882. The molecule has 1 aromatic carbocycles. The van der Waals surface area contributed by atoms with Crippen molar-refractivity contribution in [3.8, 4) is 5.75 Å². The molecule has 0 radical (unpaired) electrons. The van der Waals surface area contributed by atoms with E-state index in [2.05, 4.69) is 47.8 Å². The molecule has 0 saturated heterocycles. The second kappa shape index (κ2) is 4.80. The van der Waals surface area contributed by atoms with Gasteiger partial charge in [-0.25, -0.2) is 0 Å². The predicted molar refractivity (Wildman–Crippen MR) is 66.2 cm³/mol. The predicted octanol–water partition coefficient (Wildman–Crippen LogP) is 4.08. The van der Waals surface area contributed by atoms with Crippen LogP contribution in [0.3, 0.4) is 0 Å². The van der Waals surface area contributed by atoms with E-state index in [0.29, 0.717) is 0 Å². The highest BCUT2D eigenvalue weighted by molar-refractivity contribution is 9.39. The molecule has 0 atom stereocenters. The van der Waals surface area contributed by atoms with E-state index in [0.717, 1.165) is 12.2 Å². The summed E-state index contributed by atoms with van der Waals surface area (Å²) in [5, 5.41) is 0. The third-order valence-corrected chi connectivity index (χ3v) is 2.40. The molecule has 0 aromatic heterocycles. The minimum atomic E-state index is -0.207. The largest absolute Gasteiger partial charge is 0.497 e. The minimum Gasteiger partial charge on any atom is -0.497 e. The highest BCUT2D eigenvalue weighted by atomic mass is 80.0. The summed E-state index contributed by atoms with van der Waals surface area (Å²) < 4.78 is 4.86. The van der Waals surface area contributed by atoms with E-state index in [1.54, 1.807) is 7.11 Å². The van der Waals surface area contributed by atoms with E-state index in [4.69, 9.17) is 4.74 Å². The summed E-state index contributed by atoms with van der Waals surface area (Å²) in [6.45, 7) is 0. The van der Waals surface area contributed by atoms with Gasteiger partial charge in [-0.05, 0) is 17.7 Å². The molecule has 0 bridgehead atoms. The Hall–Kier alpha value is 0.460. The summed E-state index contributed by atoms with van der Waals surface area (Å²) >= 11 is 10.4. The molecule has 1 rings (SSSR count). The van der Waals surface area contributed by atoms with E-state index >= 15 is 0 Å². The van der Waals surface area contributed by atoms with Gasteiger partial charge in [0.15, 0.2) is 0 Å². The van der Waals surface area contributed by atoms with Gasteiger partial charge in [0.05, 0.1) is 7.11 Å². The van der Waals surface area contributed by atoms with Gasteiger partial charge in [0, 0.05) is 6.42 Å². The zero-order valence-electron chi connectivity index (χ0n) is 7.06. The van der Waals surface area contributed by atoms with Crippen LogP contribution in [-0.4, -0.2) is 9.25 Å². The van der Waals surface area contributed by atoms with Crippen molar-refractivity contribution in [2.45, 2.75) is 8.56 Å². The van der Waals surface area contributed by atoms with E-state index in [1.807, 2.05) is 24.3 Å². The van der Waals surface area contributed by atoms with Crippen molar-refractivity contribution in [1.29, 1.82) is 0 Å². The van der Waals surface area contributed by atoms with Crippen LogP contribution in [0.15, 0.2) is 24.3 Å². The van der Waals surface area contributed by atoms with Crippen molar-refractivity contribution < 1.29 is 4.74 Å². The highest BCUT2D eigenvalue weighted by Gasteiger charge is 2.17. The molecule has 0 aliphatic carbocycles. The fourth-order valence-electron chi connectivity index (χ4n) is 0.975. The average Bonchev–Trinajstić information content (AvgIpc) is 2.03. The maximum Gasteiger partial charge on any atom is 0.139 e. The number of ether oxygens (including phenoxy) is 1. The van der Waals surface area contributed by atoms with Crippen LogP contribution in [0.2, 0.25) is 0 Å². The molecule has 0 heterocycles. The summed E-state index contributed by atoms with van der Waals surface area (Å²) in [4.78, 5) is 0. The average molecular weight is 373 g/mol. The van der Waals surface area contributed by atoms with Crippen molar-refractivity contribution in [2.24, 2.45) is 0 Å². The Kier molecular flexibility index (Phi) is 4.26. The molecule has 1 nitrogen and oxygen atoms in total. The molecule has 0 aliphatic heterocycles. The van der Waals surface area contributed by atoms with Gasteiger partial charge < -0.3 is 4.74 Å². The molecule has 4 heteroatoms. The zero-order valence-corrected chi connectivity index (χ0v) is 11.8. The summed E-state index contributed by atoms with van der Waals surface area (Å²) in [5.41, 5.74) is 1.23. The van der Waals surface area contributed by atoms with Crippen LogP contribution in [0.5, 0.6) is 5.75 Å². The van der Waals surface area contributed by atoms with Gasteiger partial charge in [-0.1, -0.05) is 59.9 Å². The number of rotatable bonds is 2. The van der Waals surface area contributed by atoms with Crippen LogP contribution >= 0.6 is 47.8 Å². The Morgan fingerprint density at radius 2 is 1.69 bits per heavy atom. The molecule has 0 amide bonds. The van der Waals surface area contributed by atoms with E-state index in [1.165, 1.54) is 5.56 Å². The lowest BCUT2D eigenvalue weighted by molar-refractivity contribution is 0.414. The van der Waals surface area contributed by atoms with Gasteiger partial charge in [-0.15, -0.1) is 0 Å². The first-order valence-corrected chi connectivity index (χ1v) is 6.09. The number of hydrogen-bond donors (Lipinski definition) is 0.